The lowest BCUT2D eigenvalue weighted by atomic mass is 10.0. The number of fused-ring (bicyclic) bond motifs is 4. The quantitative estimate of drug-likeness (QED) is 0.519. The van der Waals surface area contributed by atoms with Crippen LogP contribution in [0.4, 0.5) is 0 Å². The third kappa shape index (κ3) is 2.67. The molecular weight excluding hydrogens is 367 g/mol. The van der Waals surface area contributed by atoms with E-state index in [1.807, 2.05) is 18.2 Å². The smallest absolute Gasteiger partial charge is 0.0890 e. The van der Waals surface area contributed by atoms with E-state index in [4.69, 9.17) is 11.6 Å². The molecule has 1 unspecified atom stereocenters. The van der Waals surface area contributed by atoms with E-state index in [2.05, 4.69) is 56.4 Å². The molecular formula is C20H16Cl2N4. The molecule has 6 heteroatoms. The van der Waals surface area contributed by atoms with Crippen molar-refractivity contribution in [1.82, 2.24) is 19.9 Å². The SMILES string of the molecule is Cl.Clc1cccc2c1CNC(c1ccc3nccnc3c1)c1cccn1-2. The molecule has 2 aromatic heterocycles. The van der Waals surface area contributed by atoms with Crippen molar-refractivity contribution < 1.29 is 0 Å². The summed E-state index contributed by atoms with van der Waals surface area (Å²) in [5.74, 6) is 0. The third-order valence-corrected chi connectivity index (χ3v) is 5.09. The summed E-state index contributed by atoms with van der Waals surface area (Å²) in [6.07, 6.45) is 5.53. The number of hydrogen-bond acceptors (Lipinski definition) is 3. The van der Waals surface area contributed by atoms with Gasteiger partial charge < -0.3 is 9.88 Å². The molecule has 0 fully saturated rings. The van der Waals surface area contributed by atoms with Gasteiger partial charge in [-0.25, -0.2) is 0 Å². The Morgan fingerprint density at radius 3 is 2.73 bits per heavy atom. The van der Waals surface area contributed by atoms with Crippen molar-refractivity contribution >= 4 is 35.0 Å². The van der Waals surface area contributed by atoms with Crippen molar-refractivity contribution in [1.29, 1.82) is 0 Å². The van der Waals surface area contributed by atoms with E-state index in [-0.39, 0.29) is 18.4 Å². The van der Waals surface area contributed by atoms with Crippen LogP contribution in [-0.4, -0.2) is 14.5 Å². The summed E-state index contributed by atoms with van der Waals surface area (Å²) < 4.78 is 2.22. The number of nitrogens with zero attached hydrogens (tertiary/aromatic N) is 3. The van der Waals surface area contributed by atoms with Crippen LogP contribution in [0.15, 0.2) is 67.1 Å². The molecule has 0 radical (unpaired) electrons. The van der Waals surface area contributed by atoms with Crippen molar-refractivity contribution in [2.24, 2.45) is 0 Å². The van der Waals surface area contributed by atoms with Crippen LogP contribution >= 0.6 is 24.0 Å². The zero-order valence-corrected chi connectivity index (χ0v) is 15.3. The van der Waals surface area contributed by atoms with Crippen LogP contribution in [0.2, 0.25) is 5.02 Å². The fraction of sp³-hybridized carbons (Fsp3) is 0.100. The fourth-order valence-electron chi connectivity index (χ4n) is 3.55. The van der Waals surface area contributed by atoms with Gasteiger partial charge in [-0.3, -0.25) is 9.97 Å². The maximum atomic E-state index is 6.45. The Morgan fingerprint density at radius 2 is 1.85 bits per heavy atom. The van der Waals surface area contributed by atoms with Crippen molar-refractivity contribution in [2.75, 3.05) is 0 Å². The summed E-state index contributed by atoms with van der Waals surface area (Å²) >= 11 is 6.45. The fourth-order valence-corrected chi connectivity index (χ4v) is 3.79. The van der Waals surface area contributed by atoms with Gasteiger partial charge in [0.15, 0.2) is 0 Å². The summed E-state index contributed by atoms with van der Waals surface area (Å²) in [5, 5.41) is 4.44. The first-order valence-electron chi connectivity index (χ1n) is 8.20. The molecule has 0 amide bonds. The van der Waals surface area contributed by atoms with E-state index in [0.29, 0.717) is 6.54 Å². The first kappa shape index (κ1) is 17.0. The summed E-state index contributed by atoms with van der Waals surface area (Å²) in [7, 11) is 0. The van der Waals surface area contributed by atoms with Crippen LogP contribution in [0.5, 0.6) is 0 Å². The Morgan fingerprint density at radius 1 is 1.00 bits per heavy atom. The zero-order chi connectivity index (χ0) is 16.8. The molecule has 4 nitrogen and oxygen atoms in total. The highest BCUT2D eigenvalue weighted by Gasteiger charge is 2.24. The molecule has 0 aliphatic carbocycles. The predicted molar refractivity (Wildman–Crippen MR) is 106 cm³/mol. The molecule has 1 atom stereocenters. The Labute approximate surface area is 162 Å². The number of aromatic nitrogens is 3. The lowest BCUT2D eigenvalue weighted by Gasteiger charge is -2.18. The van der Waals surface area contributed by atoms with E-state index < -0.39 is 0 Å². The van der Waals surface area contributed by atoms with Crippen LogP contribution in [0.25, 0.3) is 16.7 Å². The van der Waals surface area contributed by atoms with Crippen molar-refractivity contribution in [3.05, 3.63) is 89.0 Å². The molecule has 26 heavy (non-hydrogen) atoms. The molecule has 0 saturated carbocycles. The van der Waals surface area contributed by atoms with Crippen molar-refractivity contribution in [3.63, 3.8) is 0 Å². The molecule has 0 saturated heterocycles. The van der Waals surface area contributed by atoms with Gasteiger partial charge in [-0.1, -0.05) is 23.7 Å². The average Bonchev–Trinajstić information content (AvgIpc) is 3.06. The molecule has 1 aliphatic rings. The third-order valence-electron chi connectivity index (χ3n) is 4.74. The standard InChI is InChI=1S/C20H15ClN4.ClH/c21-15-3-1-4-18-14(15)12-24-20(19-5-2-10-25(18)19)13-6-7-16-17(11-13)23-9-8-22-16;/h1-11,20,24H,12H2;1H. The van der Waals surface area contributed by atoms with E-state index in [9.17, 15) is 0 Å². The maximum absolute atomic E-state index is 6.45. The Kier molecular flexibility index (Phi) is 4.41. The van der Waals surface area contributed by atoms with Crippen molar-refractivity contribution in [3.8, 4) is 5.69 Å². The number of hydrogen-bond donors (Lipinski definition) is 1. The van der Waals surface area contributed by atoms with Crippen molar-refractivity contribution in [2.45, 2.75) is 12.6 Å². The highest BCUT2D eigenvalue weighted by Crippen LogP contribution is 2.33. The maximum Gasteiger partial charge on any atom is 0.0890 e. The number of rotatable bonds is 1. The first-order valence-corrected chi connectivity index (χ1v) is 8.58. The predicted octanol–water partition coefficient (Wildman–Crippen LogP) is 4.69. The van der Waals surface area contributed by atoms with Gasteiger partial charge in [-0.2, -0.15) is 0 Å². The van der Waals surface area contributed by atoms with Gasteiger partial charge in [0.2, 0.25) is 0 Å². The lowest BCUT2D eigenvalue weighted by Crippen LogP contribution is -2.21. The summed E-state index contributed by atoms with van der Waals surface area (Å²) in [5.41, 5.74) is 6.40. The molecule has 0 spiro atoms. The minimum Gasteiger partial charge on any atom is -0.319 e. The summed E-state index contributed by atoms with van der Waals surface area (Å²) in [6, 6.07) is 16.6. The van der Waals surface area contributed by atoms with Gasteiger partial charge in [0.1, 0.15) is 0 Å². The highest BCUT2D eigenvalue weighted by atomic mass is 35.5. The second kappa shape index (κ2) is 6.72. The largest absolute Gasteiger partial charge is 0.319 e. The molecule has 1 aliphatic heterocycles. The van der Waals surface area contributed by atoms with Gasteiger partial charge in [0.05, 0.1) is 22.8 Å². The average molecular weight is 383 g/mol. The molecule has 3 heterocycles. The second-order valence-corrected chi connectivity index (χ2v) is 6.57. The van der Waals surface area contributed by atoms with Gasteiger partial charge in [0, 0.05) is 41.4 Å². The van der Waals surface area contributed by atoms with Crippen LogP contribution in [-0.2, 0) is 6.54 Å². The van der Waals surface area contributed by atoms with Gasteiger partial charge >= 0.3 is 0 Å². The van der Waals surface area contributed by atoms with Crippen LogP contribution in [0.3, 0.4) is 0 Å². The van der Waals surface area contributed by atoms with Gasteiger partial charge in [-0.05, 0) is 42.0 Å². The second-order valence-electron chi connectivity index (χ2n) is 6.16. The normalized spacial score (nSPS) is 15.7. The number of nitrogens with one attached hydrogen (secondary N) is 1. The Bertz CT molecular complexity index is 1090. The Balaban J connectivity index is 0.00000168. The van der Waals surface area contributed by atoms with Gasteiger partial charge in [-0.15, -0.1) is 12.4 Å². The lowest BCUT2D eigenvalue weighted by molar-refractivity contribution is 0.601. The van der Waals surface area contributed by atoms with E-state index in [1.54, 1.807) is 12.4 Å². The van der Waals surface area contributed by atoms with E-state index in [0.717, 1.165) is 32.9 Å². The number of halogens is 2. The minimum atomic E-state index is 0. The monoisotopic (exact) mass is 382 g/mol. The summed E-state index contributed by atoms with van der Waals surface area (Å²) in [4.78, 5) is 8.80. The highest BCUT2D eigenvalue weighted by molar-refractivity contribution is 6.31. The molecule has 0 bridgehead atoms. The van der Waals surface area contributed by atoms with E-state index >= 15 is 0 Å². The summed E-state index contributed by atoms with van der Waals surface area (Å²) in [6.45, 7) is 0.708. The van der Waals surface area contributed by atoms with E-state index in [1.165, 1.54) is 5.69 Å². The van der Waals surface area contributed by atoms with Crippen LogP contribution in [0, 0.1) is 0 Å². The molecule has 1 N–H and O–H groups in total. The molecule has 4 aromatic rings. The molecule has 130 valence electrons. The van der Waals surface area contributed by atoms with Gasteiger partial charge in [0.25, 0.3) is 0 Å². The molecule has 2 aromatic carbocycles. The topological polar surface area (TPSA) is 42.7 Å². The molecule has 5 rings (SSSR count). The van der Waals surface area contributed by atoms with Crippen LogP contribution < -0.4 is 5.32 Å². The zero-order valence-electron chi connectivity index (χ0n) is 13.8. The Hall–Kier alpha value is -2.40. The first-order chi connectivity index (χ1) is 12.3. The van der Waals surface area contributed by atoms with Crippen LogP contribution in [0.1, 0.15) is 22.9 Å². The minimum absolute atomic E-state index is 0. The number of benzene rings is 2.